The molecule has 1 heterocycles. The highest BCUT2D eigenvalue weighted by Crippen LogP contribution is 2.37. The Hall–Kier alpha value is -1.70. The Morgan fingerprint density at radius 3 is 2.88 bits per heavy atom. The van der Waals surface area contributed by atoms with E-state index < -0.39 is 0 Å². The molecule has 0 bridgehead atoms. The Balaban J connectivity index is 2.26. The third-order valence-corrected chi connectivity index (χ3v) is 3.09. The highest BCUT2D eigenvalue weighted by Gasteiger charge is 2.21. The molecule has 0 radical (unpaired) electrons. The molecule has 3 rings (SSSR count). The monoisotopic (exact) mass is 214 g/mol. The molecule has 0 saturated heterocycles. The number of hydrogen-bond acceptors (Lipinski definition) is 2. The Bertz CT molecular complexity index is 546. The second kappa shape index (κ2) is 3.41. The second-order valence-electron chi connectivity index (χ2n) is 4.27. The van der Waals surface area contributed by atoms with Crippen LogP contribution in [0.3, 0.4) is 0 Å². The van der Waals surface area contributed by atoms with Gasteiger partial charge in [0.2, 0.25) is 0 Å². The lowest BCUT2D eigenvalue weighted by Gasteiger charge is -2.08. The summed E-state index contributed by atoms with van der Waals surface area (Å²) in [7, 11) is 1.69. The molecule has 2 heteroatoms. The molecule has 82 valence electrons. The Labute approximate surface area is 94.8 Å². The standard InChI is InChI=1S/C14H14O2/c1-9-7-11-4-3-10-5-6-12(15-2)8-13(10)14(11)16-9/h3-6,8-9H,7H2,1-2H3. The van der Waals surface area contributed by atoms with Gasteiger partial charge in [0.1, 0.15) is 17.6 Å². The number of rotatable bonds is 1. The molecule has 2 aromatic rings. The first kappa shape index (κ1) is 9.52. The van der Waals surface area contributed by atoms with Gasteiger partial charge in [0.15, 0.2) is 0 Å². The van der Waals surface area contributed by atoms with Gasteiger partial charge in [0.05, 0.1) is 7.11 Å². The van der Waals surface area contributed by atoms with Crippen molar-refractivity contribution in [2.75, 3.05) is 7.11 Å². The van der Waals surface area contributed by atoms with Crippen molar-refractivity contribution in [2.45, 2.75) is 19.4 Å². The minimum Gasteiger partial charge on any atom is -0.497 e. The van der Waals surface area contributed by atoms with E-state index in [1.165, 1.54) is 10.9 Å². The molecule has 0 spiro atoms. The Morgan fingerprint density at radius 2 is 2.06 bits per heavy atom. The number of hydrogen-bond donors (Lipinski definition) is 0. The van der Waals surface area contributed by atoms with E-state index in [9.17, 15) is 0 Å². The van der Waals surface area contributed by atoms with Crippen molar-refractivity contribution in [3.8, 4) is 11.5 Å². The van der Waals surface area contributed by atoms with E-state index in [4.69, 9.17) is 9.47 Å². The normalized spacial score (nSPS) is 18.2. The lowest BCUT2D eigenvalue weighted by atomic mass is 10.0. The van der Waals surface area contributed by atoms with Crippen LogP contribution in [0.25, 0.3) is 10.8 Å². The highest BCUT2D eigenvalue weighted by molar-refractivity contribution is 5.91. The van der Waals surface area contributed by atoms with E-state index in [1.54, 1.807) is 7.11 Å². The third kappa shape index (κ3) is 1.33. The molecule has 0 fully saturated rings. The topological polar surface area (TPSA) is 18.5 Å². The predicted octanol–water partition coefficient (Wildman–Crippen LogP) is 3.17. The minimum atomic E-state index is 0.284. The van der Waals surface area contributed by atoms with Gasteiger partial charge in [0, 0.05) is 11.8 Å². The van der Waals surface area contributed by atoms with E-state index in [1.807, 2.05) is 12.1 Å². The fourth-order valence-electron chi connectivity index (χ4n) is 2.30. The van der Waals surface area contributed by atoms with E-state index in [2.05, 4.69) is 25.1 Å². The minimum absolute atomic E-state index is 0.284. The average Bonchev–Trinajstić information content (AvgIpc) is 2.69. The van der Waals surface area contributed by atoms with Crippen LogP contribution in [0.15, 0.2) is 30.3 Å². The van der Waals surface area contributed by atoms with Gasteiger partial charge >= 0.3 is 0 Å². The van der Waals surface area contributed by atoms with Gasteiger partial charge in [-0.15, -0.1) is 0 Å². The maximum Gasteiger partial charge on any atom is 0.131 e. The van der Waals surface area contributed by atoms with Crippen molar-refractivity contribution < 1.29 is 9.47 Å². The smallest absolute Gasteiger partial charge is 0.131 e. The zero-order chi connectivity index (χ0) is 11.1. The van der Waals surface area contributed by atoms with Gasteiger partial charge in [-0.1, -0.05) is 18.2 Å². The van der Waals surface area contributed by atoms with Crippen LogP contribution in [-0.2, 0) is 6.42 Å². The maximum atomic E-state index is 5.86. The van der Waals surface area contributed by atoms with E-state index in [0.29, 0.717) is 0 Å². The van der Waals surface area contributed by atoms with Crippen molar-refractivity contribution in [3.63, 3.8) is 0 Å². The molecule has 0 saturated carbocycles. The van der Waals surface area contributed by atoms with Crippen LogP contribution in [0.4, 0.5) is 0 Å². The van der Waals surface area contributed by atoms with Crippen LogP contribution in [0.1, 0.15) is 12.5 Å². The molecule has 1 atom stereocenters. The maximum absolute atomic E-state index is 5.86. The van der Waals surface area contributed by atoms with Crippen molar-refractivity contribution in [2.24, 2.45) is 0 Å². The summed E-state index contributed by atoms with van der Waals surface area (Å²) in [6, 6.07) is 10.4. The van der Waals surface area contributed by atoms with Gasteiger partial charge in [-0.05, 0) is 30.0 Å². The summed E-state index contributed by atoms with van der Waals surface area (Å²) in [5, 5.41) is 2.36. The molecule has 0 aromatic heterocycles. The molecular formula is C14H14O2. The highest BCUT2D eigenvalue weighted by atomic mass is 16.5. The first-order valence-electron chi connectivity index (χ1n) is 5.54. The molecule has 1 aliphatic heterocycles. The molecule has 0 amide bonds. The average molecular weight is 214 g/mol. The van der Waals surface area contributed by atoms with Crippen LogP contribution < -0.4 is 9.47 Å². The quantitative estimate of drug-likeness (QED) is 0.726. The Kier molecular flexibility index (Phi) is 2.03. The first-order valence-corrected chi connectivity index (χ1v) is 5.54. The summed E-state index contributed by atoms with van der Waals surface area (Å²) >= 11 is 0. The van der Waals surface area contributed by atoms with Gasteiger partial charge < -0.3 is 9.47 Å². The molecule has 1 aliphatic rings. The van der Waals surface area contributed by atoms with Crippen molar-refractivity contribution in [1.82, 2.24) is 0 Å². The van der Waals surface area contributed by atoms with E-state index in [0.717, 1.165) is 23.3 Å². The van der Waals surface area contributed by atoms with Crippen LogP contribution in [-0.4, -0.2) is 13.2 Å². The van der Waals surface area contributed by atoms with Crippen LogP contribution >= 0.6 is 0 Å². The van der Waals surface area contributed by atoms with Crippen LogP contribution in [0.5, 0.6) is 11.5 Å². The molecule has 2 aromatic carbocycles. The zero-order valence-electron chi connectivity index (χ0n) is 9.49. The van der Waals surface area contributed by atoms with Crippen molar-refractivity contribution in [1.29, 1.82) is 0 Å². The van der Waals surface area contributed by atoms with Crippen molar-refractivity contribution in [3.05, 3.63) is 35.9 Å². The molecule has 0 aliphatic carbocycles. The summed E-state index contributed by atoms with van der Waals surface area (Å²) in [4.78, 5) is 0. The van der Waals surface area contributed by atoms with E-state index in [-0.39, 0.29) is 6.10 Å². The Morgan fingerprint density at radius 1 is 1.25 bits per heavy atom. The molecule has 2 nitrogen and oxygen atoms in total. The molecular weight excluding hydrogens is 200 g/mol. The van der Waals surface area contributed by atoms with Crippen LogP contribution in [0, 0.1) is 0 Å². The lowest BCUT2D eigenvalue weighted by Crippen LogP contribution is -2.05. The van der Waals surface area contributed by atoms with Gasteiger partial charge in [-0.3, -0.25) is 0 Å². The fraction of sp³-hybridized carbons (Fsp3) is 0.286. The van der Waals surface area contributed by atoms with Gasteiger partial charge in [-0.2, -0.15) is 0 Å². The summed E-state index contributed by atoms with van der Waals surface area (Å²) in [6.45, 7) is 2.10. The van der Waals surface area contributed by atoms with Crippen LogP contribution in [0.2, 0.25) is 0 Å². The van der Waals surface area contributed by atoms with Gasteiger partial charge in [0.25, 0.3) is 0 Å². The van der Waals surface area contributed by atoms with Gasteiger partial charge in [-0.25, -0.2) is 0 Å². The molecule has 1 unspecified atom stereocenters. The summed E-state index contributed by atoms with van der Waals surface area (Å²) in [6.07, 6.45) is 1.29. The predicted molar refractivity (Wildman–Crippen MR) is 64.3 cm³/mol. The molecule has 16 heavy (non-hydrogen) atoms. The lowest BCUT2D eigenvalue weighted by molar-refractivity contribution is 0.257. The third-order valence-electron chi connectivity index (χ3n) is 3.09. The van der Waals surface area contributed by atoms with Crippen molar-refractivity contribution >= 4 is 10.8 Å². The number of methoxy groups -OCH3 is 1. The first-order chi connectivity index (χ1) is 7.78. The van der Waals surface area contributed by atoms with E-state index >= 15 is 0 Å². The summed E-state index contributed by atoms with van der Waals surface area (Å²) in [5.41, 5.74) is 1.30. The number of benzene rings is 2. The number of ether oxygens (including phenoxy) is 2. The zero-order valence-corrected chi connectivity index (χ0v) is 9.49. The molecule has 0 N–H and O–H groups in total. The SMILES string of the molecule is COc1ccc2ccc3c(c2c1)OC(C)C3. The summed E-state index contributed by atoms with van der Waals surface area (Å²) in [5.74, 6) is 1.91. The largest absolute Gasteiger partial charge is 0.497 e. The number of fused-ring (bicyclic) bond motifs is 3. The summed E-state index contributed by atoms with van der Waals surface area (Å²) < 4.78 is 11.1. The second-order valence-corrected chi connectivity index (χ2v) is 4.27. The fourth-order valence-corrected chi connectivity index (χ4v) is 2.30.